The van der Waals surface area contributed by atoms with Crippen LogP contribution in [-0.4, -0.2) is 355 Å². The van der Waals surface area contributed by atoms with Crippen LogP contribution in [0.25, 0.3) is 22.3 Å². The number of rotatable bonds is 67. The summed E-state index contributed by atoms with van der Waals surface area (Å²) in [5.74, 6) is -8.14. The molecule has 2 unspecified atom stereocenters. The Bertz CT molecular complexity index is 3620. The molecule has 14 N–H and O–H groups in total. The minimum atomic E-state index is -2.42. The molecule has 0 radical (unpaired) electrons. The molecule has 4 aromatic rings. The number of aliphatic hydroxyl groups excluding tert-OH is 6. The number of hydrogen-bond donors (Lipinski definition) is 14. The van der Waals surface area contributed by atoms with Gasteiger partial charge in [-0.3, -0.25) is 28.8 Å². The fourth-order valence-corrected chi connectivity index (χ4v) is 14.0. The van der Waals surface area contributed by atoms with Gasteiger partial charge in [0.25, 0.3) is 23.4 Å². The van der Waals surface area contributed by atoms with Crippen LogP contribution >= 0.6 is 23.5 Å². The predicted octanol–water partition coefficient (Wildman–Crippen LogP) is -1.26. The zero-order chi connectivity index (χ0) is 88.0. The number of unbranched alkanes of at least 4 members (excludes halogenated alkanes) is 1. The molecule has 0 aliphatic carbocycles. The topological polar surface area (TPSA) is 500 Å². The van der Waals surface area contributed by atoms with Gasteiger partial charge >= 0.3 is 41.5 Å². The van der Waals surface area contributed by atoms with Crippen molar-refractivity contribution >= 4 is 70.9 Å². The number of nitrogens with one attached hydrogen (secondary N) is 6. The summed E-state index contributed by atoms with van der Waals surface area (Å²) in [5.41, 5.74) is 4.28. The van der Waals surface area contributed by atoms with Gasteiger partial charge in [-0.15, -0.1) is 0 Å². The first-order valence-corrected chi connectivity index (χ1v) is 43.4. The van der Waals surface area contributed by atoms with Crippen LogP contribution in [0.2, 0.25) is 0 Å². The number of aliphatic hydroxyl groups is 6. The van der Waals surface area contributed by atoms with Crippen molar-refractivity contribution in [3.63, 3.8) is 0 Å². The van der Waals surface area contributed by atoms with Crippen LogP contribution in [0.5, 0.6) is 0 Å². The number of aliphatic carboxylic acids is 2. The molecule has 2 aliphatic heterocycles. The molecule has 6 rings (SSSR count). The van der Waals surface area contributed by atoms with Gasteiger partial charge in [-0.05, 0) is 83.7 Å². The number of carboxylic acid groups (broad SMARTS) is 2. The summed E-state index contributed by atoms with van der Waals surface area (Å²) in [4.78, 5) is 99.9. The molecule has 0 aromatic heterocycles. The zero-order valence-electron chi connectivity index (χ0n) is 70.4. The first-order chi connectivity index (χ1) is 59.0. The number of amides is 6. The van der Waals surface area contributed by atoms with E-state index in [1.807, 2.05) is 60.7 Å². The molecular weight excluding hydrogens is 1660 g/mol. The van der Waals surface area contributed by atoms with Gasteiger partial charge in [0.2, 0.25) is 23.6 Å². The zero-order valence-corrected chi connectivity index (χ0v) is 74.0. The Hall–Kier alpha value is -6.46. The van der Waals surface area contributed by atoms with E-state index in [-0.39, 0.29) is 73.2 Å². The largest absolute Gasteiger partial charge is 1.00 e. The summed E-state index contributed by atoms with van der Waals surface area (Å²) in [5, 5.41) is 103. The molecule has 682 valence electrons. The monoisotopic (exact) mass is 1780 g/mol. The summed E-state index contributed by atoms with van der Waals surface area (Å²) in [6.07, 6.45) is -12.2. The second-order valence-electron chi connectivity index (χ2n) is 28.4. The van der Waals surface area contributed by atoms with Crippen LogP contribution in [0, 0.1) is 0 Å². The minimum Gasteiger partial charge on any atom is -0.477 e. The SMILES string of the molecule is CC(=O)N[C@@H]1[C@@H](O)C[C@](OCCCSCCOCCOCCOCCOCCOCCNC(=O)CCCCNC(=O)CCOCCOCCOCCOCCOCCSCCCO[C@]2(C(=O)O)C[C@H](O)[C@@H](NC(C)=O)[C@H](C(O)[C@H](O)CNC(=O)c3ccc(-c4ccccc4)cc3)O2)(C(=O)O)O[C@H]1C(O)[C@H](O)CNC(=O)c1ccc(-c2ccccc2)cc1.[Na+]. The molecule has 2 fully saturated rings. The van der Waals surface area contributed by atoms with Crippen LogP contribution in [-0.2, 0) is 95.1 Å². The second-order valence-corrected chi connectivity index (χ2v) is 30.8. The van der Waals surface area contributed by atoms with Crippen LogP contribution < -0.4 is 61.5 Å². The molecule has 123 heavy (non-hydrogen) atoms. The van der Waals surface area contributed by atoms with Gasteiger partial charge in [-0.2, -0.15) is 23.5 Å². The maximum absolute atomic E-state index is 13.0. The van der Waals surface area contributed by atoms with E-state index >= 15 is 0 Å². The Kier molecular flexibility index (Phi) is 54.5. The van der Waals surface area contributed by atoms with Crippen molar-refractivity contribution in [1.82, 2.24) is 31.9 Å². The van der Waals surface area contributed by atoms with Gasteiger partial charge < -0.3 is 139 Å². The number of carbonyl (C=O) groups is 8. The molecule has 6 amide bonds. The standard InChI is InChI=1S/C84H124N6O30S2.Na/c1-59(91)89-73-67(93)55-83(81(103)104,119-77(73)75(99)69(95)57-87-79(101)65-22-18-63(19-23-65)61-13-5-3-6-14-61)117-29-11-51-121-53-49-115-47-45-113-43-41-111-39-37-109-35-33-107-31-26-72(98)85-27-10-9-17-71(97)86-28-32-108-34-36-110-38-40-112-42-44-114-46-48-116-50-54-122-52-12-30-118-84(82(105)106)56-68(94)74(90-60(2)92)78(120-84)76(100)70(96)58-88-80(102)66-24-20-64(21-25-66)62-15-7-4-8-16-62;/h3-8,13-16,18-25,67-70,73-78,93-96,99-100H,9-12,17,26-58H2,1-2H3,(H,85,98)(H,86,97)(H,87,101)(H,88,102)(H,89,91)(H,90,92)(H,103,104)(H,105,106);/q;+1/t67-,68-,69+,70+,73+,74+,75?,76?,77+,78+,83+,84+;/m0./s1. The normalized spacial score (nSPS) is 19.8. The Balaban J connectivity index is 0.0000269. The molecule has 0 bridgehead atoms. The molecule has 2 heterocycles. The average Bonchev–Trinajstić information content (AvgIpc) is 0.772. The summed E-state index contributed by atoms with van der Waals surface area (Å²) in [7, 11) is 0. The summed E-state index contributed by atoms with van der Waals surface area (Å²) in [6, 6.07) is 30.0. The van der Waals surface area contributed by atoms with Gasteiger partial charge in [0.05, 0.1) is 182 Å². The first kappa shape index (κ1) is 107. The van der Waals surface area contributed by atoms with Crippen molar-refractivity contribution in [3.05, 3.63) is 120 Å². The van der Waals surface area contributed by atoms with E-state index in [0.29, 0.717) is 199 Å². The Morgan fingerprint density at radius 1 is 0.390 bits per heavy atom. The molecule has 0 saturated carbocycles. The van der Waals surface area contributed by atoms with Gasteiger partial charge in [-0.25, -0.2) is 9.59 Å². The minimum absolute atomic E-state index is 0. The van der Waals surface area contributed by atoms with Crippen LogP contribution in [0.1, 0.15) is 85.9 Å². The van der Waals surface area contributed by atoms with Gasteiger partial charge in [0.1, 0.15) is 24.4 Å². The Morgan fingerprint density at radius 2 is 0.715 bits per heavy atom. The molecule has 39 heteroatoms. The fraction of sp³-hybridized carbons (Fsp3) is 0.619. The van der Waals surface area contributed by atoms with Crippen molar-refractivity contribution in [2.75, 3.05) is 195 Å². The third-order valence-electron chi connectivity index (χ3n) is 18.9. The van der Waals surface area contributed by atoms with Crippen molar-refractivity contribution in [2.45, 2.75) is 138 Å². The summed E-state index contributed by atoms with van der Waals surface area (Å²) in [6.45, 7) is 9.18. The van der Waals surface area contributed by atoms with E-state index in [0.717, 1.165) is 22.3 Å². The van der Waals surface area contributed by atoms with Crippen LogP contribution in [0.4, 0.5) is 0 Å². The quantitative estimate of drug-likeness (QED) is 0.0181. The van der Waals surface area contributed by atoms with Crippen molar-refractivity contribution < 1.29 is 175 Å². The maximum atomic E-state index is 13.0. The number of hydrogen-bond acceptors (Lipinski definition) is 30. The summed E-state index contributed by atoms with van der Waals surface area (Å²) >= 11 is 3.09. The third-order valence-corrected chi connectivity index (χ3v) is 21.0. The first-order valence-electron chi connectivity index (χ1n) is 41.1. The second kappa shape index (κ2) is 62.7. The molecular formula is C84H124N6NaO30S2+. The predicted molar refractivity (Wildman–Crippen MR) is 448 cm³/mol. The van der Waals surface area contributed by atoms with Gasteiger partial charge in [-0.1, -0.05) is 84.9 Å². The van der Waals surface area contributed by atoms with Crippen molar-refractivity contribution in [2.24, 2.45) is 0 Å². The van der Waals surface area contributed by atoms with E-state index in [1.54, 1.807) is 72.1 Å². The molecule has 2 saturated heterocycles. The molecule has 4 aromatic carbocycles. The number of thioether (sulfide) groups is 2. The Morgan fingerprint density at radius 3 is 1.07 bits per heavy atom. The van der Waals surface area contributed by atoms with Gasteiger partial charge in [0, 0.05) is 88.3 Å². The number of carboxylic acids is 2. The van der Waals surface area contributed by atoms with Crippen LogP contribution in [0.15, 0.2) is 109 Å². The molecule has 12 atom stereocenters. The fourth-order valence-electron chi connectivity index (χ4n) is 12.5. The maximum Gasteiger partial charge on any atom is 1.00 e. The number of carbonyl (C=O) groups excluding carboxylic acids is 6. The van der Waals surface area contributed by atoms with E-state index in [4.69, 9.17) is 66.3 Å². The van der Waals surface area contributed by atoms with Gasteiger partial charge in [0.15, 0.2) is 0 Å². The molecule has 2 aliphatic rings. The average molecular weight is 1790 g/mol. The third kappa shape index (κ3) is 41.9. The van der Waals surface area contributed by atoms with Crippen molar-refractivity contribution in [1.29, 1.82) is 0 Å². The molecule has 0 spiro atoms. The number of benzene rings is 4. The summed E-state index contributed by atoms with van der Waals surface area (Å²) < 4.78 is 78.7. The van der Waals surface area contributed by atoms with E-state index in [9.17, 15) is 79.2 Å². The van der Waals surface area contributed by atoms with E-state index < -0.39 is 134 Å². The van der Waals surface area contributed by atoms with Crippen molar-refractivity contribution in [3.8, 4) is 22.3 Å². The molecule has 36 nitrogen and oxygen atoms in total. The van der Waals surface area contributed by atoms with E-state index in [2.05, 4.69) is 31.9 Å². The number of ether oxygens (including phenoxy) is 14. The van der Waals surface area contributed by atoms with E-state index in [1.165, 1.54) is 13.8 Å². The van der Waals surface area contributed by atoms with Crippen LogP contribution in [0.3, 0.4) is 0 Å². The smallest absolute Gasteiger partial charge is 0.477 e. The Labute approximate surface area is 748 Å².